The number of imide groups is 1. The van der Waals surface area contributed by atoms with Crippen molar-refractivity contribution in [3.8, 4) is 5.75 Å². The second kappa shape index (κ2) is 9.82. The van der Waals surface area contributed by atoms with Crippen molar-refractivity contribution in [2.75, 3.05) is 0 Å². The van der Waals surface area contributed by atoms with E-state index in [1.54, 1.807) is 6.08 Å². The van der Waals surface area contributed by atoms with E-state index in [4.69, 9.17) is 4.74 Å². The first-order valence-electron chi connectivity index (χ1n) is 9.24. The number of ether oxygens (including phenoxy) is 1. The Morgan fingerprint density at radius 3 is 2.48 bits per heavy atom. The second-order valence-corrected chi connectivity index (χ2v) is 10.2. The van der Waals surface area contributed by atoms with Gasteiger partial charge in [-0.05, 0) is 107 Å². The zero-order valence-electron chi connectivity index (χ0n) is 16.4. The first kappa shape index (κ1) is 22.6. The Bertz CT molecular complexity index is 967. The Morgan fingerprint density at radius 1 is 1.17 bits per heavy atom. The molecule has 2 amide bonds. The Balaban J connectivity index is 1.79. The van der Waals surface area contributed by atoms with Gasteiger partial charge in [-0.25, -0.2) is 0 Å². The van der Waals surface area contributed by atoms with Gasteiger partial charge in [-0.3, -0.25) is 14.5 Å². The number of carbonyl (C=O) groups is 2. The van der Waals surface area contributed by atoms with Gasteiger partial charge in [-0.1, -0.05) is 36.8 Å². The van der Waals surface area contributed by atoms with Crippen LogP contribution in [0.2, 0.25) is 0 Å². The van der Waals surface area contributed by atoms with Gasteiger partial charge >= 0.3 is 0 Å². The number of carbonyl (C=O) groups excluding carboxylic acids is 2. The molecule has 0 aliphatic carbocycles. The van der Waals surface area contributed by atoms with Crippen molar-refractivity contribution in [3.05, 3.63) is 65.1 Å². The van der Waals surface area contributed by atoms with Crippen molar-refractivity contribution >= 4 is 74.2 Å². The molecule has 0 bridgehead atoms. The van der Waals surface area contributed by atoms with Crippen molar-refractivity contribution in [1.82, 2.24) is 4.90 Å². The highest BCUT2D eigenvalue weighted by atomic mass is 127. The zero-order valence-corrected chi connectivity index (χ0v) is 21.5. The summed E-state index contributed by atoms with van der Waals surface area (Å²) in [6.07, 6.45) is 2.54. The molecule has 0 spiro atoms. The topological polar surface area (TPSA) is 46.6 Å². The highest BCUT2D eigenvalue weighted by molar-refractivity contribution is 14.1. The van der Waals surface area contributed by atoms with Gasteiger partial charge in [0.2, 0.25) is 0 Å². The van der Waals surface area contributed by atoms with E-state index < -0.39 is 0 Å². The van der Waals surface area contributed by atoms with E-state index in [0.29, 0.717) is 11.5 Å². The monoisotopic (exact) mass is 633 g/mol. The fourth-order valence-corrected chi connectivity index (χ4v) is 6.01. The van der Waals surface area contributed by atoms with Crippen LogP contribution in [-0.2, 0) is 11.4 Å². The normalized spacial score (nSPS) is 16.6. The van der Waals surface area contributed by atoms with Crippen LogP contribution < -0.4 is 4.74 Å². The molecule has 1 saturated heterocycles. The van der Waals surface area contributed by atoms with Crippen LogP contribution in [0.4, 0.5) is 4.79 Å². The van der Waals surface area contributed by atoms with Crippen LogP contribution in [0.1, 0.15) is 37.0 Å². The molecule has 0 N–H and O–H groups in total. The molecule has 7 heteroatoms. The van der Waals surface area contributed by atoms with E-state index in [2.05, 4.69) is 70.3 Å². The summed E-state index contributed by atoms with van der Waals surface area (Å²) in [5.41, 5.74) is 3.22. The molecule has 152 valence electrons. The fourth-order valence-electron chi connectivity index (χ4n) is 2.95. The van der Waals surface area contributed by atoms with Crippen molar-refractivity contribution in [1.29, 1.82) is 0 Å². The SMILES string of the molecule is CC[C@H](C)N1C(=O)S/C(=C/c2cc(I)c(OCc3cccc(C)c3)c(I)c2)C1=O. The number of rotatable bonds is 6. The number of nitrogens with zero attached hydrogens (tertiary/aromatic N) is 1. The molecule has 2 aromatic carbocycles. The van der Waals surface area contributed by atoms with Crippen LogP contribution in [0.15, 0.2) is 41.3 Å². The van der Waals surface area contributed by atoms with Gasteiger partial charge in [0.1, 0.15) is 12.4 Å². The lowest BCUT2D eigenvalue weighted by molar-refractivity contribution is -0.124. The summed E-state index contributed by atoms with van der Waals surface area (Å²) < 4.78 is 8.00. The number of thioether (sulfide) groups is 1. The predicted molar refractivity (Wildman–Crippen MR) is 135 cm³/mol. The highest BCUT2D eigenvalue weighted by Gasteiger charge is 2.37. The summed E-state index contributed by atoms with van der Waals surface area (Å²) in [6.45, 7) is 6.43. The van der Waals surface area contributed by atoms with E-state index in [9.17, 15) is 9.59 Å². The maximum absolute atomic E-state index is 12.6. The molecule has 1 aliphatic rings. The zero-order chi connectivity index (χ0) is 21.1. The highest BCUT2D eigenvalue weighted by Crippen LogP contribution is 2.36. The summed E-state index contributed by atoms with van der Waals surface area (Å²) >= 11 is 5.51. The number of halogens is 2. The molecular formula is C22H21I2NO3S. The molecule has 0 saturated carbocycles. The van der Waals surface area contributed by atoms with E-state index in [1.807, 2.05) is 32.0 Å². The third-order valence-corrected chi connectivity index (χ3v) is 7.13. The lowest BCUT2D eigenvalue weighted by Gasteiger charge is -2.19. The van der Waals surface area contributed by atoms with Crippen molar-refractivity contribution in [2.45, 2.75) is 39.8 Å². The van der Waals surface area contributed by atoms with Gasteiger partial charge in [0.05, 0.1) is 12.0 Å². The number of aryl methyl sites for hydroxylation is 1. The molecule has 1 fully saturated rings. The molecule has 1 atom stereocenters. The predicted octanol–water partition coefficient (Wildman–Crippen LogP) is 6.62. The summed E-state index contributed by atoms with van der Waals surface area (Å²) in [7, 11) is 0. The lowest BCUT2D eigenvalue weighted by Crippen LogP contribution is -2.36. The van der Waals surface area contributed by atoms with E-state index in [0.717, 1.165) is 42.2 Å². The minimum Gasteiger partial charge on any atom is -0.487 e. The largest absolute Gasteiger partial charge is 0.487 e. The quantitative estimate of drug-likeness (QED) is 0.265. The first-order chi connectivity index (χ1) is 13.8. The molecule has 3 rings (SSSR count). The summed E-state index contributed by atoms with van der Waals surface area (Å²) in [5, 5.41) is -0.196. The van der Waals surface area contributed by atoms with Crippen molar-refractivity contribution in [3.63, 3.8) is 0 Å². The third kappa shape index (κ3) is 5.35. The average molecular weight is 633 g/mol. The second-order valence-electron chi connectivity index (χ2n) is 6.90. The number of hydrogen-bond acceptors (Lipinski definition) is 4. The van der Waals surface area contributed by atoms with Crippen molar-refractivity contribution < 1.29 is 14.3 Å². The Kier molecular flexibility index (Phi) is 7.66. The smallest absolute Gasteiger partial charge is 0.293 e. The molecule has 4 nitrogen and oxygen atoms in total. The van der Waals surface area contributed by atoms with Crippen LogP contribution in [0.5, 0.6) is 5.75 Å². The first-order valence-corrected chi connectivity index (χ1v) is 12.2. The van der Waals surface area contributed by atoms with Gasteiger partial charge in [0.15, 0.2) is 0 Å². The molecule has 0 radical (unpaired) electrons. The minimum atomic E-state index is -0.209. The maximum Gasteiger partial charge on any atom is 0.293 e. The van der Waals surface area contributed by atoms with Gasteiger partial charge in [0, 0.05) is 6.04 Å². The Morgan fingerprint density at radius 2 is 1.86 bits per heavy atom. The van der Waals surface area contributed by atoms with Crippen LogP contribution in [-0.4, -0.2) is 22.1 Å². The number of benzene rings is 2. The van der Waals surface area contributed by atoms with Gasteiger partial charge in [0.25, 0.3) is 11.1 Å². The molecular weight excluding hydrogens is 612 g/mol. The fraction of sp³-hybridized carbons (Fsp3) is 0.273. The number of hydrogen-bond donors (Lipinski definition) is 0. The molecule has 1 aliphatic heterocycles. The van der Waals surface area contributed by atoms with Gasteiger partial charge in [-0.2, -0.15) is 0 Å². The van der Waals surface area contributed by atoms with Crippen LogP contribution in [0.3, 0.4) is 0 Å². The maximum atomic E-state index is 12.6. The van der Waals surface area contributed by atoms with Crippen LogP contribution in [0, 0.1) is 14.1 Å². The molecule has 29 heavy (non-hydrogen) atoms. The van der Waals surface area contributed by atoms with E-state index >= 15 is 0 Å². The molecule has 2 aromatic rings. The van der Waals surface area contributed by atoms with Gasteiger partial charge in [-0.15, -0.1) is 0 Å². The van der Waals surface area contributed by atoms with E-state index in [-0.39, 0.29) is 17.2 Å². The molecule has 0 unspecified atom stereocenters. The van der Waals surface area contributed by atoms with Crippen LogP contribution >= 0.6 is 56.9 Å². The summed E-state index contributed by atoms with van der Waals surface area (Å²) in [5.74, 6) is 0.622. The Labute approximate surface area is 202 Å². The molecule has 0 aromatic heterocycles. The minimum absolute atomic E-state index is 0.0916. The van der Waals surface area contributed by atoms with Crippen molar-refractivity contribution in [2.24, 2.45) is 0 Å². The van der Waals surface area contributed by atoms with Gasteiger partial charge < -0.3 is 4.74 Å². The average Bonchev–Trinajstić information content (AvgIpc) is 2.94. The Hall–Kier alpha value is -1.07. The number of amides is 2. The summed E-state index contributed by atoms with van der Waals surface area (Å²) in [4.78, 5) is 26.7. The summed E-state index contributed by atoms with van der Waals surface area (Å²) in [6, 6.07) is 12.1. The standard InChI is InChI=1S/C22H21I2NO3S/c1-4-14(3)25-21(26)19(29-22(25)27)11-16-9-17(23)20(18(24)10-16)28-12-15-7-5-6-13(2)8-15/h5-11,14H,4,12H2,1-3H3/b19-11+/t14-/m0/s1. The molecule has 1 heterocycles. The van der Waals surface area contributed by atoms with E-state index in [1.165, 1.54) is 10.5 Å². The lowest BCUT2D eigenvalue weighted by atomic mass is 10.1. The van der Waals surface area contributed by atoms with Crippen LogP contribution in [0.25, 0.3) is 6.08 Å². The third-order valence-electron chi connectivity index (χ3n) is 4.64.